The Kier molecular flexibility index (Phi) is 6.07. The van der Waals surface area contributed by atoms with E-state index >= 15 is 0 Å². The van der Waals surface area contributed by atoms with Gasteiger partial charge in [-0.2, -0.15) is 13.2 Å². The summed E-state index contributed by atoms with van der Waals surface area (Å²) < 4.78 is 43.8. The number of hydrogen-bond donors (Lipinski definition) is 1. The highest BCUT2D eigenvalue weighted by atomic mass is 32.2. The fourth-order valence-electron chi connectivity index (χ4n) is 2.46. The number of aliphatic hydroxyl groups is 1. The molecule has 0 saturated carbocycles. The van der Waals surface area contributed by atoms with Gasteiger partial charge in [0.2, 0.25) is 0 Å². The number of rotatable bonds is 4. The van der Waals surface area contributed by atoms with E-state index in [0.29, 0.717) is 5.69 Å². The molecule has 0 spiro atoms. The number of carbonyl (C=O) groups is 1. The number of aromatic nitrogens is 1. The van der Waals surface area contributed by atoms with Crippen LogP contribution in [0.2, 0.25) is 0 Å². The standard InChI is InChI=1S/C20H15F3N2O3S/c1-2-28-19(27)16-17(26)15(11-13-7-3-4-9-24-13)29-18(16)25-14-8-5-6-12(10-14)20(21,22)23/h3-11,26H,2H2,1H3/b15-11+,25-18?. The van der Waals surface area contributed by atoms with Crippen LogP contribution in [0, 0.1) is 0 Å². The smallest absolute Gasteiger partial charge is 0.416 e. The van der Waals surface area contributed by atoms with Crippen LogP contribution in [-0.4, -0.2) is 27.7 Å². The fourth-order valence-corrected chi connectivity index (χ4v) is 3.48. The van der Waals surface area contributed by atoms with Crippen molar-refractivity contribution < 1.29 is 27.8 Å². The second-order valence-corrected chi connectivity index (χ2v) is 6.81. The van der Waals surface area contributed by atoms with Crippen LogP contribution in [0.25, 0.3) is 6.08 Å². The van der Waals surface area contributed by atoms with E-state index in [2.05, 4.69) is 9.98 Å². The number of hydrogen-bond acceptors (Lipinski definition) is 6. The van der Waals surface area contributed by atoms with Crippen molar-refractivity contribution in [2.24, 2.45) is 4.99 Å². The lowest BCUT2D eigenvalue weighted by Crippen LogP contribution is -2.13. The maximum Gasteiger partial charge on any atom is 0.416 e. The van der Waals surface area contributed by atoms with Crippen molar-refractivity contribution in [3.05, 3.63) is 76.2 Å². The topological polar surface area (TPSA) is 71.8 Å². The Bertz CT molecular complexity index is 1020. The molecule has 1 N–H and O–H groups in total. The van der Waals surface area contributed by atoms with Crippen molar-refractivity contribution in [1.82, 2.24) is 4.98 Å². The molecule has 0 unspecified atom stereocenters. The van der Waals surface area contributed by atoms with Gasteiger partial charge in [0.15, 0.2) is 0 Å². The van der Waals surface area contributed by atoms with Crippen LogP contribution in [0.1, 0.15) is 18.2 Å². The first-order valence-electron chi connectivity index (χ1n) is 8.47. The lowest BCUT2D eigenvalue weighted by molar-refractivity contribution is -0.138. The Morgan fingerprint density at radius 1 is 1.28 bits per heavy atom. The number of thioether (sulfide) groups is 1. The van der Waals surface area contributed by atoms with Gasteiger partial charge >= 0.3 is 12.1 Å². The van der Waals surface area contributed by atoms with Gasteiger partial charge in [0, 0.05) is 6.20 Å². The van der Waals surface area contributed by atoms with Gasteiger partial charge in [-0.05, 0) is 43.3 Å². The van der Waals surface area contributed by atoms with E-state index in [0.717, 1.165) is 23.9 Å². The van der Waals surface area contributed by atoms with Crippen LogP contribution in [0.4, 0.5) is 18.9 Å². The Balaban J connectivity index is 2.05. The van der Waals surface area contributed by atoms with E-state index in [1.165, 1.54) is 12.1 Å². The summed E-state index contributed by atoms with van der Waals surface area (Å²) in [5, 5.41) is 10.6. The van der Waals surface area contributed by atoms with Gasteiger partial charge in [-0.3, -0.25) is 4.98 Å². The lowest BCUT2D eigenvalue weighted by atomic mass is 10.2. The summed E-state index contributed by atoms with van der Waals surface area (Å²) in [5.41, 5.74) is -0.532. The van der Waals surface area contributed by atoms with Crippen molar-refractivity contribution in [3.63, 3.8) is 0 Å². The van der Waals surface area contributed by atoms with Crippen LogP contribution in [0.5, 0.6) is 0 Å². The quantitative estimate of drug-likeness (QED) is 0.680. The third-order valence-corrected chi connectivity index (χ3v) is 4.76. The molecule has 0 saturated heterocycles. The summed E-state index contributed by atoms with van der Waals surface area (Å²) in [4.78, 5) is 20.9. The zero-order valence-corrected chi connectivity index (χ0v) is 15.9. The van der Waals surface area contributed by atoms with Gasteiger partial charge in [0.1, 0.15) is 16.4 Å². The van der Waals surface area contributed by atoms with Gasteiger partial charge < -0.3 is 9.84 Å². The predicted molar refractivity (Wildman–Crippen MR) is 105 cm³/mol. The monoisotopic (exact) mass is 420 g/mol. The fraction of sp³-hybridized carbons (Fsp3) is 0.150. The lowest BCUT2D eigenvalue weighted by Gasteiger charge is -2.07. The molecular weight excluding hydrogens is 405 g/mol. The minimum absolute atomic E-state index is 0.00369. The maximum absolute atomic E-state index is 13.0. The number of nitrogens with zero attached hydrogens (tertiary/aromatic N) is 2. The number of aliphatic imine (C=N–C) groups is 1. The van der Waals surface area contributed by atoms with Crippen molar-refractivity contribution in [3.8, 4) is 0 Å². The summed E-state index contributed by atoms with van der Waals surface area (Å²) in [7, 11) is 0. The second kappa shape index (κ2) is 8.52. The highest BCUT2D eigenvalue weighted by Crippen LogP contribution is 2.40. The third-order valence-electron chi connectivity index (χ3n) is 3.74. The van der Waals surface area contributed by atoms with Crippen LogP contribution < -0.4 is 0 Å². The van der Waals surface area contributed by atoms with Crippen molar-refractivity contribution >= 4 is 34.5 Å². The molecule has 29 heavy (non-hydrogen) atoms. The molecule has 0 fully saturated rings. The molecule has 1 aliphatic rings. The maximum atomic E-state index is 13.0. The first-order chi connectivity index (χ1) is 13.8. The third kappa shape index (κ3) is 4.86. The van der Waals surface area contributed by atoms with Crippen LogP contribution in [-0.2, 0) is 15.7 Å². The molecule has 2 aromatic rings. The molecule has 0 amide bonds. The van der Waals surface area contributed by atoms with Crippen LogP contribution in [0.3, 0.4) is 0 Å². The highest BCUT2D eigenvalue weighted by Gasteiger charge is 2.34. The summed E-state index contributed by atoms with van der Waals surface area (Å²) in [6.45, 7) is 1.67. The number of benzene rings is 1. The highest BCUT2D eigenvalue weighted by molar-refractivity contribution is 8.18. The average molecular weight is 420 g/mol. The Labute approximate surface area is 168 Å². The van der Waals surface area contributed by atoms with Crippen molar-refractivity contribution in [1.29, 1.82) is 0 Å². The molecule has 150 valence electrons. The number of pyridine rings is 1. The Hall–Kier alpha value is -3.07. The largest absolute Gasteiger partial charge is 0.506 e. The first-order valence-corrected chi connectivity index (χ1v) is 9.29. The molecule has 1 aliphatic heterocycles. The number of alkyl halides is 3. The summed E-state index contributed by atoms with van der Waals surface area (Å²) in [6.07, 6.45) is -1.41. The van der Waals surface area contributed by atoms with E-state index < -0.39 is 17.7 Å². The minimum Gasteiger partial charge on any atom is -0.506 e. The zero-order chi connectivity index (χ0) is 21.0. The summed E-state index contributed by atoms with van der Waals surface area (Å²) in [6, 6.07) is 9.58. The van der Waals surface area contributed by atoms with E-state index in [1.807, 2.05) is 0 Å². The molecule has 5 nitrogen and oxygen atoms in total. The van der Waals surface area contributed by atoms with Gasteiger partial charge in [-0.25, -0.2) is 9.79 Å². The van der Waals surface area contributed by atoms with Crippen LogP contribution in [0.15, 0.2) is 69.9 Å². The van der Waals surface area contributed by atoms with Crippen molar-refractivity contribution in [2.45, 2.75) is 13.1 Å². The van der Waals surface area contributed by atoms with E-state index in [1.54, 1.807) is 37.4 Å². The van der Waals surface area contributed by atoms with E-state index in [9.17, 15) is 23.1 Å². The van der Waals surface area contributed by atoms with Crippen molar-refractivity contribution in [2.75, 3.05) is 6.61 Å². The molecule has 2 heterocycles. The Morgan fingerprint density at radius 3 is 2.72 bits per heavy atom. The molecule has 0 atom stereocenters. The Morgan fingerprint density at radius 2 is 2.07 bits per heavy atom. The SMILES string of the molecule is CCOC(=O)C1=C(O)/C(=C\c2ccccn2)SC1=Nc1cccc(C(F)(F)F)c1. The number of carbonyl (C=O) groups excluding carboxylic acids is 1. The number of halogens is 3. The van der Waals surface area contributed by atoms with Gasteiger partial charge in [-0.1, -0.05) is 23.9 Å². The molecule has 3 rings (SSSR count). The van der Waals surface area contributed by atoms with E-state index in [4.69, 9.17) is 4.74 Å². The predicted octanol–water partition coefficient (Wildman–Crippen LogP) is 5.29. The molecule has 1 aromatic carbocycles. The first kappa shape index (κ1) is 20.7. The molecule has 9 heteroatoms. The average Bonchev–Trinajstić information content (AvgIpc) is 2.97. The van der Waals surface area contributed by atoms with Crippen LogP contribution >= 0.6 is 11.8 Å². The van der Waals surface area contributed by atoms with Gasteiger partial charge in [0.05, 0.1) is 28.5 Å². The number of esters is 1. The van der Waals surface area contributed by atoms with Gasteiger partial charge in [0.25, 0.3) is 0 Å². The van der Waals surface area contributed by atoms with Gasteiger partial charge in [-0.15, -0.1) is 0 Å². The summed E-state index contributed by atoms with van der Waals surface area (Å²) >= 11 is 0.949. The summed E-state index contributed by atoms with van der Waals surface area (Å²) in [5.74, 6) is -1.17. The number of aliphatic hydroxyl groups excluding tert-OH is 1. The molecule has 0 bridgehead atoms. The number of ether oxygens (including phenoxy) is 1. The molecule has 0 radical (unpaired) electrons. The van der Waals surface area contributed by atoms with E-state index in [-0.39, 0.29) is 33.6 Å². The molecular formula is C20H15F3N2O3S. The second-order valence-electron chi connectivity index (χ2n) is 5.77. The molecule has 1 aromatic heterocycles. The zero-order valence-electron chi connectivity index (χ0n) is 15.1. The minimum atomic E-state index is -4.52. The molecule has 0 aliphatic carbocycles. The normalized spacial score (nSPS) is 17.2.